The molecule has 4 nitrogen and oxygen atoms in total. The number of hydrogen-bond acceptors (Lipinski definition) is 4. The van der Waals surface area contributed by atoms with Crippen LogP contribution in [0, 0.1) is 6.92 Å². The van der Waals surface area contributed by atoms with E-state index in [0.29, 0.717) is 6.42 Å². The monoisotopic (exact) mass is 292 g/mol. The number of unbranched alkanes of at least 4 members (excludes halogenated alkanes) is 3. The highest BCUT2D eigenvalue weighted by Crippen LogP contribution is 2.38. The first kappa shape index (κ1) is 17.1. The Morgan fingerprint density at radius 1 is 1.10 bits per heavy atom. The fraction of sp³-hybridized carbons (Fsp3) is 0.471. The van der Waals surface area contributed by atoms with Gasteiger partial charge in [-0.3, -0.25) is 4.79 Å². The van der Waals surface area contributed by atoms with Crippen LogP contribution in [0.1, 0.15) is 61.4 Å². The lowest BCUT2D eigenvalue weighted by Gasteiger charge is -2.09. The van der Waals surface area contributed by atoms with E-state index in [-0.39, 0.29) is 29.1 Å². The molecule has 0 amide bonds. The van der Waals surface area contributed by atoms with Crippen LogP contribution in [-0.2, 0) is 0 Å². The van der Waals surface area contributed by atoms with Crippen LogP contribution in [-0.4, -0.2) is 21.1 Å². The van der Waals surface area contributed by atoms with Crippen molar-refractivity contribution in [2.24, 2.45) is 0 Å². The molecule has 1 aromatic rings. The maximum absolute atomic E-state index is 12.0. The maximum atomic E-state index is 12.0. The van der Waals surface area contributed by atoms with Gasteiger partial charge in [-0.1, -0.05) is 31.9 Å². The second-order valence-electron chi connectivity index (χ2n) is 5.19. The van der Waals surface area contributed by atoms with Gasteiger partial charge in [0.1, 0.15) is 5.75 Å². The minimum atomic E-state index is -0.456. The van der Waals surface area contributed by atoms with Gasteiger partial charge in [-0.25, -0.2) is 0 Å². The number of carbonyl (C=O) groups is 1. The van der Waals surface area contributed by atoms with E-state index in [9.17, 15) is 20.1 Å². The first-order valence-electron chi connectivity index (χ1n) is 7.41. The van der Waals surface area contributed by atoms with Gasteiger partial charge in [0.05, 0.1) is 5.56 Å². The summed E-state index contributed by atoms with van der Waals surface area (Å²) in [4.78, 5) is 12.0. The SMILES string of the molecule is CCCCCC=CCCC(=O)c1cc(O)c(C)c(O)c1O. The van der Waals surface area contributed by atoms with E-state index in [4.69, 9.17) is 0 Å². The summed E-state index contributed by atoms with van der Waals surface area (Å²) in [5.41, 5.74) is 0.134. The van der Waals surface area contributed by atoms with Crippen LogP contribution in [0.2, 0.25) is 0 Å². The zero-order valence-corrected chi connectivity index (χ0v) is 12.7. The van der Waals surface area contributed by atoms with E-state index in [2.05, 4.69) is 13.0 Å². The quantitative estimate of drug-likeness (QED) is 0.220. The Morgan fingerprint density at radius 3 is 2.43 bits per heavy atom. The molecule has 0 aliphatic rings. The molecule has 0 aliphatic carbocycles. The van der Waals surface area contributed by atoms with Crippen LogP contribution < -0.4 is 0 Å². The number of benzene rings is 1. The molecule has 0 unspecified atom stereocenters. The molecule has 3 N–H and O–H groups in total. The van der Waals surface area contributed by atoms with Crippen LogP contribution in [0.25, 0.3) is 0 Å². The van der Waals surface area contributed by atoms with Crippen molar-refractivity contribution in [1.82, 2.24) is 0 Å². The lowest BCUT2D eigenvalue weighted by atomic mass is 10.0. The molecule has 116 valence electrons. The Kier molecular flexibility index (Phi) is 6.79. The number of aromatic hydroxyl groups is 3. The highest BCUT2D eigenvalue weighted by atomic mass is 16.3. The van der Waals surface area contributed by atoms with E-state index < -0.39 is 11.5 Å². The molecular formula is C17H24O4. The molecule has 0 aliphatic heterocycles. The number of allylic oxidation sites excluding steroid dienone is 2. The summed E-state index contributed by atoms with van der Waals surface area (Å²) in [5, 5.41) is 29.0. The second-order valence-corrected chi connectivity index (χ2v) is 5.19. The van der Waals surface area contributed by atoms with E-state index in [1.807, 2.05) is 6.08 Å². The molecular weight excluding hydrogens is 268 g/mol. The Bertz CT molecular complexity index is 518. The summed E-state index contributed by atoms with van der Waals surface area (Å²) in [7, 11) is 0. The molecule has 0 heterocycles. The molecule has 0 atom stereocenters. The minimum Gasteiger partial charge on any atom is -0.508 e. The number of ketones is 1. The Labute approximate surface area is 125 Å². The van der Waals surface area contributed by atoms with Gasteiger partial charge in [-0.2, -0.15) is 0 Å². The largest absolute Gasteiger partial charge is 0.508 e. The fourth-order valence-electron chi connectivity index (χ4n) is 2.05. The van der Waals surface area contributed by atoms with Crippen molar-refractivity contribution in [3.63, 3.8) is 0 Å². The number of Topliss-reactive ketones (excluding diaryl/α,β-unsaturated/α-hetero) is 1. The summed E-state index contributed by atoms with van der Waals surface area (Å²) >= 11 is 0. The first-order chi connectivity index (χ1) is 9.99. The highest BCUT2D eigenvalue weighted by Gasteiger charge is 2.18. The molecule has 1 rings (SSSR count). The summed E-state index contributed by atoms with van der Waals surface area (Å²) in [6.07, 6.45) is 9.40. The lowest BCUT2D eigenvalue weighted by Crippen LogP contribution is -1.99. The van der Waals surface area contributed by atoms with Crippen molar-refractivity contribution in [2.75, 3.05) is 0 Å². The Hall–Kier alpha value is -1.97. The number of rotatable bonds is 8. The number of phenolic OH excluding ortho intramolecular Hbond substituents is 3. The maximum Gasteiger partial charge on any atom is 0.169 e. The van der Waals surface area contributed by atoms with E-state index in [1.165, 1.54) is 25.8 Å². The Balaban J connectivity index is 2.57. The van der Waals surface area contributed by atoms with Gasteiger partial charge in [0.25, 0.3) is 0 Å². The van der Waals surface area contributed by atoms with Gasteiger partial charge < -0.3 is 15.3 Å². The first-order valence-corrected chi connectivity index (χ1v) is 7.41. The topological polar surface area (TPSA) is 77.8 Å². The van der Waals surface area contributed by atoms with Crippen molar-refractivity contribution >= 4 is 5.78 Å². The van der Waals surface area contributed by atoms with E-state index in [0.717, 1.165) is 12.8 Å². The molecule has 0 saturated heterocycles. The smallest absolute Gasteiger partial charge is 0.169 e. The van der Waals surface area contributed by atoms with Crippen molar-refractivity contribution in [1.29, 1.82) is 0 Å². The standard InChI is InChI=1S/C17H24O4/c1-3-4-5-6-7-8-9-10-14(18)13-11-15(19)12(2)16(20)17(13)21/h7-8,11,19-21H,3-6,9-10H2,1-2H3. The van der Waals surface area contributed by atoms with E-state index >= 15 is 0 Å². The van der Waals surface area contributed by atoms with Crippen LogP contribution in [0.5, 0.6) is 17.2 Å². The van der Waals surface area contributed by atoms with Crippen molar-refractivity contribution in [3.8, 4) is 17.2 Å². The molecule has 0 aromatic heterocycles. The van der Waals surface area contributed by atoms with Crippen molar-refractivity contribution < 1.29 is 20.1 Å². The van der Waals surface area contributed by atoms with Crippen molar-refractivity contribution in [2.45, 2.75) is 52.4 Å². The van der Waals surface area contributed by atoms with Gasteiger partial charge in [0.2, 0.25) is 0 Å². The van der Waals surface area contributed by atoms with Crippen LogP contribution in [0.15, 0.2) is 18.2 Å². The van der Waals surface area contributed by atoms with Crippen molar-refractivity contribution in [3.05, 3.63) is 29.3 Å². The zero-order valence-electron chi connectivity index (χ0n) is 12.7. The van der Waals surface area contributed by atoms with Crippen LogP contribution in [0.3, 0.4) is 0 Å². The normalized spacial score (nSPS) is 11.1. The van der Waals surface area contributed by atoms with Gasteiger partial charge in [-0.05, 0) is 32.3 Å². The molecule has 0 fully saturated rings. The van der Waals surface area contributed by atoms with Gasteiger partial charge in [0, 0.05) is 12.0 Å². The molecule has 0 spiro atoms. The average molecular weight is 292 g/mol. The predicted molar refractivity (Wildman–Crippen MR) is 83.0 cm³/mol. The van der Waals surface area contributed by atoms with E-state index in [1.54, 1.807) is 0 Å². The molecule has 21 heavy (non-hydrogen) atoms. The second kappa shape index (κ2) is 8.35. The molecule has 0 saturated carbocycles. The van der Waals surface area contributed by atoms with Gasteiger partial charge in [0.15, 0.2) is 17.3 Å². The fourth-order valence-corrected chi connectivity index (χ4v) is 2.05. The number of phenols is 3. The van der Waals surface area contributed by atoms with Crippen LogP contribution in [0.4, 0.5) is 0 Å². The summed E-state index contributed by atoms with van der Waals surface area (Å²) in [5.74, 6) is -1.38. The third-order valence-electron chi connectivity index (χ3n) is 3.48. The third-order valence-corrected chi connectivity index (χ3v) is 3.48. The minimum absolute atomic E-state index is 0.0324. The van der Waals surface area contributed by atoms with Crippen LogP contribution >= 0.6 is 0 Å². The molecule has 1 aromatic carbocycles. The number of carbonyl (C=O) groups excluding carboxylic acids is 1. The molecule has 4 heteroatoms. The highest BCUT2D eigenvalue weighted by molar-refractivity contribution is 6.00. The van der Waals surface area contributed by atoms with Gasteiger partial charge >= 0.3 is 0 Å². The summed E-state index contributed by atoms with van der Waals surface area (Å²) < 4.78 is 0. The predicted octanol–water partition coefficient (Wildman–Crippen LogP) is 4.21. The molecule has 0 radical (unpaired) electrons. The Morgan fingerprint density at radius 2 is 1.76 bits per heavy atom. The lowest BCUT2D eigenvalue weighted by molar-refractivity contribution is 0.0980. The molecule has 0 bridgehead atoms. The number of hydrogen-bond donors (Lipinski definition) is 3. The van der Waals surface area contributed by atoms with Gasteiger partial charge in [-0.15, -0.1) is 0 Å². The zero-order chi connectivity index (χ0) is 15.8. The third kappa shape index (κ3) is 4.81. The summed E-state index contributed by atoms with van der Waals surface area (Å²) in [6, 6.07) is 1.21. The average Bonchev–Trinajstić information content (AvgIpc) is 2.47. The summed E-state index contributed by atoms with van der Waals surface area (Å²) in [6.45, 7) is 3.62.